The zero-order valence-corrected chi connectivity index (χ0v) is 9.01. The van der Waals surface area contributed by atoms with Crippen LogP contribution in [0.3, 0.4) is 0 Å². The molecule has 0 aliphatic carbocycles. The highest BCUT2D eigenvalue weighted by Crippen LogP contribution is 2.26. The zero-order valence-electron chi connectivity index (χ0n) is 8.19. The summed E-state index contributed by atoms with van der Waals surface area (Å²) in [5, 5.41) is 1.55. The maximum absolute atomic E-state index is 4.25. The van der Waals surface area contributed by atoms with Crippen LogP contribution in [-0.2, 0) is 0 Å². The fourth-order valence-corrected chi connectivity index (χ4v) is 2.03. The molecule has 2 rings (SSSR count). The van der Waals surface area contributed by atoms with Gasteiger partial charge in [0.15, 0.2) is 5.65 Å². The van der Waals surface area contributed by atoms with E-state index in [1.165, 1.54) is 0 Å². The molecule has 2 aromatic rings. The number of hydrogen-bond donors (Lipinski definition) is 1. The van der Waals surface area contributed by atoms with Gasteiger partial charge in [0.05, 0.1) is 6.33 Å². The smallest absolute Gasteiger partial charge is 0.181 e. The van der Waals surface area contributed by atoms with Crippen LogP contribution >= 0.6 is 11.8 Å². The molecule has 0 aliphatic rings. The van der Waals surface area contributed by atoms with E-state index in [1.54, 1.807) is 24.4 Å². The van der Waals surface area contributed by atoms with Crippen LogP contribution in [-0.4, -0.2) is 25.2 Å². The van der Waals surface area contributed by atoms with Crippen LogP contribution in [0.2, 0.25) is 0 Å². The Balaban J connectivity index is 2.36. The number of aromatic amines is 1. The largest absolute Gasteiger partial charge is 0.341 e. The van der Waals surface area contributed by atoms with Crippen LogP contribution in [0.1, 0.15) is 20.3 Å². The lowest BCUT2D eigenvalue weighted by Gasteiger charge is -2.06. The molecule has 2 aromatic heterocycles. The molecule has 5 heteroatoms. The van der Waals surface area contributed by atoms with Gasteiger partial charge in [-0.25, -0.2) is 15.0 Å². The lowest BCUT2D eigenvalue weighted by atomic mass is 10.4. The summed E-state index contributed by atoms with van der Waals surface area (Å²) in [4.78, 5) is 15.5. The van der Waals surface area contributed by atoms with Gasteiger partial charge >= 0.3 is 0 Å². The SMILES string of the molecule is CC[C@@H](C)Sc1ncnc2nc[nH]c12. The van der Waals surface area contributed by atoms with E-state index in [2.05, 4.69) is 33.8 Å². The molecule has 0 spiro atoms. The molecule has 0 amide bonds. The first-order chi connectivity index (χ1) is 6.81. The van der Waals surface area contributed by atoms with Crippen LogP contribution < -0.4 is 0 Å². The molecular formula is C9H12N4S. The van der Waals surface area contributed by atoms with Crippen molar-refractivity contribution in [3.8, 4) is 0 Å². The van der Waals surface area contributed by atoms with E-state index >= 15 is 0 Å². The standard InChI is InChI=1S/C9H12N4S/c1-3-6(2)14-9-7-8(11-4-10-7)12-5-13-9/h4-6H,3H2,1-2H3,(H,10,11,12,13)/t6-/m1/s1. The van der Waals surface area contributed by atoms with Crippen molar-refractivity contribution in [2.45, 2.75) is 30.5 Å². The van der Waals surface area contributed by atoms with E-state index < -0.39 is 0 Å². The molecule has 0 aliphatic heterocycles. The highest BCUT2D eigenvalue weighted by molar-refractivity contribution is 8.00. The molecule has 0 saturated heterocycles. The van der Waals surface area contributed by atoms with E-state index in [0.29, 0.717) is 5.25 Å². The fraction of sp³-hybridized carbons (Fsp3) is 0.444. The van der Waals surface area contributed by atoms with Crippen molar-refractivity contribution in [1.29, 1.82) is 0 Å². The number of H-pyrrole nitrogens is 1. The van der Waals surface area contributed by atoms with Crippen molar-refractivity contribution >= 4 is 22.9 Å². The van der Waals surface area contributed by atoms with Gasteiger partial charge in [0.2, 0.25) is 0 Å². The van der Waals surface area contributed by atoms with Gasteiger partial charge in [-0.05, 0) is 6.42 Å². The number of fused-ring (bicyclic) bond motifs is 1. The van der Waals surface area contributed by atoms with Gasteiger partial charge in [0.1, 0.15) is 16.9 Å². The summed E-state index contributed by atoms with van der Waals surface area (Å²) in [6.07, 6.45) is 4.35. The third kappa shape index (κ3) is 1.72. The van der Waals surface area contributed by atoms with E-state index in [0.717, 1.165) is 22.6 Å². The maximum Gasteiger partial charge on any atom is 0.181 e. The van der Waals surface area contributed by atoms with Crippen LogP contribution in [0.5, 0.6) is 0 Å². The van der Waals surface area contributed by atoms with Crippen molar-refractivity contribution in [3.63, 3.8) is 0 Å². The maximum atomic E-state index is 4.25. The second-order valence-electron chi connectivity index (χ2n) is 3.12. The van der Waals surface area contributed by atoms with Gasteiger partial charge in [-0.1, -0.05) is 13.8 Å². The van der Waals surface area contributed by atoms with Crippen molar-refractivity contribution in [2.24, 2.45) is 0 Å². The van der Waals surface area contributed by atoms with Gasteiger partial charge in [0.25, 0.3) is 0 Å². The lowest BCUT2D eigenvalue weighted by Crippen LogP contribution is -1.95. The Morgan fingerprint density at radius 3 is 3.07 bits per heavy atom. The summed E-state index contributed by atoms with van der Waals surface area (Å²) in [5.74, 6) is 0. The Hall–Kier alpha value is -1.10. The van der Waals surface area contributed by atoms with Crippen LogP contribution in [0, 0.1) is 0 Å². The van der Waals surface area contributed by atoms with Gasteiger partial charge < -0.3 is 4.98 Å². The Kier molecular flexibility index (Phi) is 2.67. The lowest BCUT2D eigenvalue weighted by molar-refractivity contribution is 0.901. The topological polar surface area (TPSA) is 54.5 Å². The second kappa shape index (κ2) is 3.96. The third-order valence-electron chi connectivity index (χ3n) is 2.08. The number of imidazole rings is 1. The van der Waals surface area contributed by atoms with E-state index in [9.17, 15) is 0 Å². The summed E-state index contributed by atoms with van der Waals surface area (Å²) in [6.45, 7) is 4.36. The van der Waals surface area contributed by atoms with Crippen LogP contribution in [0.4, 0.5) is 0 Å². The molecule has 0 aromatic carbocycles. The Morgan fingerprint density at radius 1 is 1.43 bits per heavy atom. The van der Waals surface area contributed by atoms with Crippen molar-refractivity contribution in [3.05, 3.63) is 12.7 Å². The quantitative estimate of drug-likeness (QED) is 0.621. The van der Waals surface area contributed by atoms with E-state index in [1.807, 2.05) is 0 Å². The summed E-state index contributed by atoms with van der Waals surface area (Å²) >= 11 is 1.76. The van der Waals surface area contributed by atoms with Gasteiger partial charge in [-0.3, -0.25) is 0 Å². The Bertz CT molecular complexity index is 425. The molecule has 0 unspecified atom stereocenters. The first-order valence-electron chi connectivity index (χ1n) is 4.62. The summed E-state index contributed by atoms with van der Waals surface area (Å²) in [7, 11) is 0. The van der Waals surface area contributed by atoms with Gasteiger partial charge in [-0.2, -0.15) is 0 Å². The van der Waals surface area contributed by atoms with Gasteiger partial charge in [-0.15, -0.1) is 11.8 Å². The highest BCUT2D eigenvalue weighted by Gasteiger charge is 2.09. The number of nitrogens with zero attached hydrogens (tertiary/aromatic N) is 3. The molecule has 0 saturated carbocycles. The predicted molar refractivity (Wildman–Crippen MR) is 57.3 cm³/mol. The number of aromatic nitrogens is 4. The van der Waals surface area contributed by atoms with Gasteiger partial charge in [0, 0.05) is 5.25 Å². The minimum atomic E-state index is 0.566. The first kappa shape index (κ1) is 9.45. The number of rotatable bonds is 3. The number of thioether (sulfide) groups is 1. The minimum Gasteiger partial charge on any atom is -0.341 e. The van der Waals surface area contributed by atoms with Crippen LogP contribution in [0.15, 0.2) is 17.7 Å². The normalized spacial score (nSPS) is 13.3. The number of nitrogens with one attached hydrogen (secondary N) is 1. The monoisotopic (exact) mass is 208 g/mol. The van der Waals surface area contributed by atoms with Crippen molar-refractivity contribution < 1.29 is 0 Å². The molecule has 4 nitrogen and oxygen atoms in total. The Labute approximate surface area is 86.6 Å². The first-order valence-corrected chi connectivity index (χ1v) is 5.50. The predicted octanol–water partition coefficient (Wildman–Crippen LogP) is 2.24. The molecule has 1 N–H and O–H groups in total. The number of hydrogen-bond acceptors (Lipinski definition) is 4. The zero-order chi connectivity index (χ0) is 9.97. The Morgan fingerprint density at radius 2 is 2.29 bits per heavy atom. The third-order valence-corrected chi connectivity index (χ3v) is 3.34. The molecule has 0 bridgehead atoms. The average molecular weight is 208 g/mol. The fourth-order valence-electron chi connectivity index (χ4n) is 1.11. The van der Waals surface area contributed by atoms with E-state index in [-0.39, 0.29) is 0 Å². The average Bonchev–Trinajstić information content (AvgIpc) is 2.66. The second-order valence-corrected chi connectivity index (χ2v) is 4.54. The molecule has 14 heavy (non-hydrogen) atoms. The van der Waals surface area contributed by atoms with E-state index in [4.69, 9.17) is 0 Å². The molecular weight excluding hydrogens is 196 g/mol. The van der Waals surface area contributed by atoms with Crippen molar-refractivity contribution in [1.82, 2.24) is 19.9 Å². The minimum absolute atomic E-state index is 0.566. The molecule has 1 atom stereocenters. The summed E-state index contributed by atoms with van der Waals surface area (Å²) in [6, 6.07) is 0. The van der Waals surface area contributed by atoms with Crippen molar-refractivity contribution in [2.75, 3.05) is 0 Å². The molecule has 0 fully saturated rings. The summed E-state index contributed by atoms with van der Waals surface area (Å²) < 4.78 is 0. The summed E-state index contributed by atoms with van der Waals surface area (Å²) in [5.41, 5.74) is 1.68. The molecule has 2 heterocycles. The van der Waals surface area contributed by atoms with Crippen LogP contribution in [0.25, 0.3) is 11.2 Å². The molecule has 74 valence electrons. The highest BCUT2D eigenvalue weighted by atomic mass is 32.2. The molecule has 0 radical (unpaired) electrons.